The molecule has 25 heavy (non-hydrogen) atoms. The molecule has 136 valence electrons. The van der Waals surface area contributed by atoms with E-state index in [0.717, 1.165) is 35.8 Å². The molecule has 1 aromatic carbocycles. The molecule has 0 radical (unpaired) electrons. The van der Waals surface area contributed by atoms with Gasteiger partial charge in [-0.15, -0.1) is 0 Å². The van der Waals surface area contributed by atoms with Gasteiger partial charge in [-0.3, -0.25) is 4.79 Å². The van der Waals surface area contributed by atoms with E-state index in [2.05, 4.69) is 44.5 Å². The first kappa shape index (κ1) is 19.6. The fourth-order valence-electron chi connectivity index (χ4n) is 2.88. The normalized spacial score (nSPS) is 11.6. The quantitative estimate of drug-likeness (QED) is 0.652. The number of carbonyl (C=O) groups is 1. The van der Waals surface area contributed by atoms with E-state index in [9.17, 15) is 4.79 Å². The number of hydrogen-bond acceptors (Lipinski definition) is 1. The SMILES string of the molecule is CCCN(Cc1cccn1Cc1ccccc1Cl)C(=O)CC(C)(C)C. The summed E-state index contributed by atoms with van der Waals surface area (Å²) in [5.41, 5.74) is 2.23. The summed E-state index contributed by atoms with van der Waals surface area (Å²) in [6.45, 7) is 10.6. The van der Waals surface area contributed by atoms with Gasteiger partial charge in [0.05, 0.1) is 6.54 Å². The van der Waals surface area contributed by atoms with E-state index in [0.29, 0.717) is 13.0 Å². The molecule has 0 aliphatic heterocycles. The fraction of sp³-hybridized carbons (Fsp3) is 0.476. The molecule has 0 atom stereocenters. The number of rotatable bonds is 7. The van der Waals surface area contributed by atoms with Crippen LogP contribution in [0.5, 0.6) is 0 Å². The smallest absolute Gasteiger partial charge is 0.223 e. The van der Waals surface area contributed by atoms with E-state index in [-0.39, 0.29) is 11.3 Å². The minimum absolute atomic E-state index is 0.00261. The van der Waals surface area contributed by atoms with Crippen molar-refractivity contribution in [2.45, 2.75) is 53.6 Å². The molecule has 0 saturated heterocycles. The molecule has 0 spiro atoms. The lowest BCUT2D eigenvalue weighted by Gasteiger charge is -2.27. The van der Waals surface area contributed by atoms with E-state index < -0.39 is 0 Å². The zero-order valence-electron chi connectivity index (χ0n) is 15.8. The summed E-state index contributed by atoms with van der Waals surface area (Å²) in [6.07, 6.45) is 3.58. The Kier molecular flexibility index (Phi) is 6.71. The van der Waals surface area contributed by atoms with Gasteiger partial charge in [0.1, 0.15) is 0 Å². The summed E-state index contributed by atoms with van der Waals surface area (Å²) in [7, 11) is 0. The molecule has 1 heterocycles. The maximum absolute atomic E-state index is 12.7. The molecule has 0 aliphatic carbocycles. The van der Waals surface area contributed by atoms with Crippen LogP contribution in [-0.2, 0) is 17.9 Å². The highest BCUT2D eigenvalue weighted by molar-refractivity contribution is 6.31. The standard InChI is InChI=1S/C21H29ClN2O/c1-5-12-24(20(25)14-21(2,3)4)16-18-10-8-13-23(18)15-17-9-6-7-11-19(17)22/h6-11,13H,5,12,14-16H2,1-4H3. The van der Waals surface area contributed by atoms with Crippen LogP contribution in [0, 0.1) is 5.41 Å². The first-order valence-corrected chi connectivity index (χ1v) is 9.33. The van der Waals surface area contributed by atoms with Gasteiger partial charge in [0, 0.05) is 36.4 Å². The van der Waals surface area contributed by atoms with Gasteiger partial charge in [-0.2, -0.15) is 0 Å². The summed E-state index contributed by atoms with van der Waals surface area (Å²) >= 11 is 6.29. The number of aromatic nitrogens is 1. The lowest BCUT2D eigenvalue weighted by Crippen LogP contribution is -2.34. The maximum atomic E-state index is 12.7. The summed E-state index contributed by atoms with van der Waals surface area (Å²) in [5, 5.41) is 0.774. The van der Waals surface area contributed by atoms with Gasteiger partial charge in [0.15, 0.2) is 0 Å². The van der Waals surface area contributed by atoms with Crippen molar-refractivity contribution in [3.8, 4) is 0 Å². The van der Waals surface area contributed by atoms with Crippen LogP contribution >= 0.6 is 11.6 Å². The lowest BCUT2D eigenvalue weighted by molar-refractivity contribution is -0.133. The molecule has 2 aromatic rings. The third-order valence-corrected chi connectivity index (χ3v) is 4.47. The number of nitrogens with zero attached hydrogens (tertiary/aromatic N) is 2. The van der Waals surface area contributed by atoms with Gasteiger partial charge in [0.25, 0.3) is 0 Å². The number of carbonyl (C=O) groups excluding carboxylic acids is 1. The summed E-state index contributed by atoms with van der Waals surface area (Å²) in [6, 6.07) is 12.0. The first-order valence-electron chi connectivity index (χ1n) is 8.95. The zero-order valence-corrected chi connectivity index (χ0v) is 16.5. The Morgan fingerprint density at radius 1 is 1.16 bits per heavy atom. The van der Waals surface area contributed by atoms with Crippen molar-refractivity contribution in [1.82, 2.24) is 9.47 Å². The van der Waals surface area contributed by atoms with Gasteiger partial charge >= 0.3 is 0 Å². The van der Waals surface area contributed by atoms with Crippen molar-refractivity contribution in [1.29, 1.82) is 0 Å². The second-order valence-electron chi connectivity index (χ2n) is 7.77. The molecule has 3 nitrogen and oxygen atoms in total. The topological polar surface area (TPSA) is 25.2 Å². The van der Waals surface area contributed by atoms with Gasteiger partial charge in [-0.05, 0) is 35.6 Å². The monoisotopic (exact) mass is 360 g/mol. The number of amides is 1. The molecule has 0 N–H and O–H groups in total. The fourth-order valence-corrected chi connectivity index (χ4v) is 3.08. The third kappa shape index (κ3) is 5.93. The summed E-state index contributed by atoms with van der Waals surface area (Å²) < 4.78 is 2.17. The Balaban J connectivity index is 2.14. The molecule has 0 bridgehead atoms. The highest BCUT2D eigenvalue weighted by Gasteiger charge is 2.21. The number of halogens is 1. The van der Waals surface area contributed by atoms with Crippen molar-refractivity contribution in [3.63, 3.8) is 0 Å². The third-order valence-electron chi connectivity index (χ3n) is 4.10. The maximum Gasteiger partial charge on any atom is 0.223 e. The van der Waals surface area contributed by atoms with Crippen LogP contribution in [0.3, 0.4) is 0 Å². The molecule has 4 heteroatoms. The van der Waals surface area contributed by atoms with Gasteiger partial charge in [-0.25, -0.2) is 0 Å². The van der Waals surface area contributed by atoms with Crippen LogP contribution in [0.25, 0.3) is 0 Å². The summed E-state index contributed by atoms with van der Waals surface area (Å²) in [4.78, 5) is 14.7. The second-order valence-corrected chi connectivity index (χ2v) is 8.18. The highest BCUT2D eigenvalue weighted by atomic mass is 35.5. The van der Waals surface area contributed by atoms with Crippen LogP contribution in [0.2, 0.25) is 5.02 Å². The largest absolute Gasteiger partial charge is 0.345 e. The molecular formula is C21H29ClN2O. The molecule has 0 saturated carbocycles. The van der Waals surface area contributed by atoms with Gasteiger partial charge in [-0.1, -0.05) is 57.5 Å². The van der Waals surface area contributed by atoms with Crippen molar-refractivity contribution in [2.24, 2.45) is 5.41 Å². The molecule has 0 fully saturated rings. The Morgan fingerprint density at radius 2 is 1.88 bits per heavy atom. The Bertz CT molecular complexity index is 700. The predicted molar refractivity (Wildman–Crippen MR) is 105 cm³/mol. The molecule has 1 aromatic heterocycles. The van der Waals surface area contributed by atoms with Crippen molar-refractivity contribution in [3.05, 3.63) is 58.9 Å². The first-order chi connectivity index (χ1) is 11.8. The van der Waals surface area contributed by atoms with E-state index in [1.54, 1.807) is 0 Å². The van der Waals surface area contributed by atoms with Crippen molar-refractivity contribution >= 4 is 17.5 Å². The lowest BCUT2D eigenvalue weighted by atomic mass is 9.91. The minimum Gasteiger partial charge on any atom is -0.345 e. The van der Waals surface area contributed by atoms with Crippen molar-refractivity contribution in [2.75, 3.05) is 6.54 Å². The van der Waals surface area contributed by atoms with E-state index in [1.807, 2.05) is 35.2 Å². The van der Waals surface area contributed by atoms with Gasteiger partial charge < -0.3 is 9.47 Å². The molecule has 0 unspecified atom stereocenters. The van der Waals surface area contributed by atoms with Crippen LogP contribution in [-0.4, -0.2) is 21.9 Å². The van der Waals surface area contributed by atoms with Crippen molar-refractivity contribution < 1.29 is 4.79 Å². The van der Waals surface area contributed by atoms with Gasteiger partial charge in [0.2, 0.25) is 5.91 Å². The highest BCUT2D eigenvalue weighted by Crippen LogP contribution is 2.22. The molecule has 2 rings (SSSR count). The molecular weight excluding hydrogens is 332 g/mol. The van der Waals surface area contributed by atoms with Crippen LogP contribution < -0.4 is 0 Å². The van der Waals surface area contributed by atoms with E-state index in [1.165, 1.54) is 0 Å². The zero-order chi connectivity index (χ0) is 18.4. The van der Waals surface area contributed by atoms with Crippen LogP contribution in [0.15, 0.2) is 42.6 Å². The van der Waals surface area contributed by atoms with Crippen LogP contribution in [0.4, 0.5) is 0 Å². The van der Waals surface area contributed by atoms with Crippen LogP contribution in [0.1, 0.15) is 51.8 Å². The second kappa shape index (κ2) is 8.57. The molecule has 0 aliphatic rings. The number of hydrogen-bond donors (Lipinski definition) is 0. The average Bonchev–Trinajstić information content (AvgIpc) is 2.94. The minimum atomic E-state index is 0.00261. The molecule has 1 amide bonds. The van der Waals surface area contributed by atoms with E-state index >= 15 is 0 Å². The number of benzene rings is 1. The Morgan fingerprint density at radius 3 is 2.52 bits per heavy atom. The average molecular weight is 361 g/mol. The Hall–Kier alpha value is -1.74. The van der Waals surface area contributed by atoms with E-state index in [4.69, 9.17) is 11.6 Å². The Labute approximate surface area is 156 Å². The summed E-state index contributed by atoms with van der Waals surface area (Å²) in [5.74, 6) is 0.222. The predicted octanol–water partition coefficient (Wildman–Crippen LogP) is 5.36.